The summed E-state index contributed by atoms with van der Waals surface area (Å²) < 4.78 is 5.07. The maximum Gasteiger partial charge on any atom is 0.331 e. The number of nitro groups is 1. The van der Waals surface area contributed by atoms with Gasteiger partial charge in [-0.25, -0.2) is 9.78 Å². The Morgan fingerprint density at radius 2 is 2.44 bits per heavy atom. The second-order valence-corrected chi connectivity index (χ2v) is 3.97. The van der Waals surface area contributed by atoms with Gasteiger partial charge in [0.2, 0.25) is 0 Å². The fourth-order valence-corrected chi connectivity index (χ4v) is 1.73. The van der Waals surface area contributed by atoms with Gasteiger partial charge in [-0.1, -0.05) is 0 Å². The van der Waals surface area contributed by atoms with Gasteiger partial charge in [0.15, 0.2) is 5.54 Å². The zero-order valence-electron chi connectivity index (χ0n) is 9.33. The molecule has 1 saturated heterocycles. The van der Waals surface area contributed by atoms with Crippen LogP contribution >= 0.6 is 0 Å². The standard InChI is InChI=1S/C10H11N3O5/c14-9(15)10(2-4-18-6-10)12-8-5-7(13(16)17)1-3-11-8/h1,3,5H,2,4,6H2,(H,11,12)(H,14,15). The molecule has 2 rings (SSSR count). The average molecular weight is 253 g/mol. The van der Waals surface area contributed by atoms with Crippen LogP contribution in [0.15, 0.2) is 18.3 Å². The number of hydrogen-bond acceptors (Lipinski definition) is 6. The number of rotatable bonds is 4. The van der Waals surface area contributed by atoms with Crippen LogP contribution in [-0.2, 0) is 9.53 Å². The largest absolute Gasteiger partial charge is 0.479 e. The molecule has 1 aliphatic rings. The Hall–Kier alpha value is -2.22. The van der Waals surface area contributed by atoms with Gasteiger partial charge in [0.05, 0.1) is 17.6 Å². The molecule has 96 valence electrons. The molecule has 8 nitrogen and oxygen atoms in total. The number of anilines is 1. The average Bonchev–Trinajstić information content (AvgIpc) is 2.79. The van der Waals surface area contributed by atoms with Crippen LogP contribution in [0.3, 0.4) is 0 Å². The van der Waals surface area contributed by atoms with E-state index < -0.39 is 16.4 Å². The highest BCUT2D eigenvalue weighted by atomic mass is 16.6. The number of aliphatic carboxylic acids is 1. The van der Waals surface area contributed by atoms with Crippen molar-refractivity contribution in [1.82, 2.24) is 4.98 Å². The minimum absolute atomic E-state index is 0.00665. The van der Waals surface area contributed by atoms with E-state index in [0.29, 0.717) is 6.61 Å². The predicted molar refractivity (Wildman–Crippen MR) is 60.3 cm³/mol. The molecule has 1 aromatic rings. The first-order valence-electron chi connectivity index (χ1n) is 5.23. The molecule has 8 heteroatoms. The summed E-state index contributed by atoms with van der Waals surface area (Å²) in [5.74, 6) is -0.912. The molecule has 2 N–H and O–H groups in total. The summed E-state index contributed by atoms with van der Waals surface area (Å²) in [6.45, 7) is 0.334. The van der Waals surface area contributed by atoms with Gasteiger partial charge >= 0.3 is 5.97 Å². The zero-order valence-corrected chi connectivity index (χ0v) is 9.33. The van der Waals surface area contributed by atoms with Crippen LogP contribution in [0.1, 0.15) is 6.42 Å². The van der Waals surface area contributed by atoms with E-state index in [-0.39, 0.29) is 24.5 Å². The lowest BCUT2D eigenvalue weighted by Crippen LogP contribution is -2.47. The Labute approximate surface area is 102 Å². The first kappa shape index (κ1) is 12.2. The molecule has 0 saturated carbocycles. The third kappa shape index (κ3) is 2.23. The topological polar surface area (TPSA) is 115 Å². The van der Waals surface area contributed by atoms with Crippen LogP contribution in [0.2, 0.25) is 0 Å². The summed E-state index contributed by atoms with van der Waals surface area (Å²) >= 11 is 0. The summed E-state index contributed by atoms with van der Waals surface area (Å²) in [5, 5.41) is 22.5. The molecule has 1 unspecified atom stereocenters. The van der Waals surface area contributed by atoms with Gasteiger partial charge in [-0.05, 0) is 0 Å². The van der Waals surface area contributed by atoms with Gasteiger partial charge in [-0.15, -0.1) is 0 Å². The third-order valence-corrected chi connectivity index (χ3v) is 2.75. The smallest absolute Gasteiger partial charge is 0.331 e. The SMILES string of the molecule is O=C(O)C1(Nc2cc([N+](=O)[O-])ccn2)CCOC1. The Bertz CT molecular complexity index is 484. The van der Waals surface area contributed by atoms with Crippen molar-refractivity contribution in [2.45, 2.75) is 12.0 Å². The van der Waals surface area contributed by atoms with E-state index in [2.05, 4.69) is 10.3 Å². The lowest BCUT2D eigenvalue weighted by atomic mass is 9.99. The summed E-state index contributed by atoms with van der Waals surface area (Å²) in [4.78, 5) is 25.2. The van der Waals surface area contributed by atoms with Gasteiger partial charge in [0, 0.05) is 25.3 Å². The van der Waals surface area contributed by atoms with Gasteiger partial charge in [0.1, 0.15) is 5.82 Å². The van der Waals surface area contributed by atoms with Crippen molar-refractivity contribution in [2.75, 3.05) is 18.5 Å². The Morgan fingerprint density at radius 1 is 1.67 bits per heavy atom. The lowest BCUT2D eigenvalue weighted by molar-refractivity contribution is -0.384. The Morgan fingerprint density at radius 3 is 3.00 bits per heavy atom. The summed E-state index contributed by atoms with van der Waals surface area (Å²) in [7, 11) is 0. The molecular formula is C10H11N3O5. The van der Waals surface area contributed by atoms with Crippen LogP contribution in [-0.4, -0.2) is 39.7 Å². The van der Waals surface area contributed by atoms with Crippen molar-refractivity contribution in [2.24, 2.45) is 0 Å². The normalized spacial score (nSPS) is 22.7. The number of nitrogens with zero attached hydrogens (tertiary/aromatic N) is 2. The minimum atomic E-state index is -1.26. The molecule has 1 fully saturated rings. The second kappa shape index (κ2) is 4.57. The highest BCUT2D eigenvalue weighted by Crippen LogP contribution is 2.25. The molecule has 2 heterocycles. The van der Waals surface area contributed by atoms with Gasteiger partial charge in [-0.2, -0.15) is 0 Å². The highest BCUT2D eigenvalue weighted by molar-refractivity contribution is 5.83. The number of carboxylic acid groups (broad SMARTS) is 1. The fourth-order valence-electron chi connectivity index (χ4n) is 1.73. The quantitative estimate of drug-likeness (QED) is 0.597. The summed E-state index contributed by atoms with van der Waals surface area (Å²) in [6.07, 6.45) is 1.54. The molecule has 0 bridgehead atoms. The molecular weight excluding hydrogens is 242 g/mol. The van der Waals surface area contributed by atoms with Gasteiger partial charge < -0.3 is 15.2 Å². The Kier molecular flexibility index (Phi) is 3.11. The van der Waals surface area contributed by atoms with E-state index in [1.807, 2.05) is 0 Å². The molecule has 0 aromatic carbocycles. The van der Waals surface area contributed by atoms with Crippen LogP contribution in [0.5, 0.6) is 0 Å². The monoisotopic (exact) mass is 253 g/mol. The van der Waals surface area contributed by atoms with Crippen molar-refractivity contribution in [3.63, 3.8) is 0 Å². The number of carbonyl (C=O) groups is 1. The first-order valence-corrected chi connectivity index (χ1v) is 5.23. The van der Waals surface area contributed by atoms with Crippen molar-refractivity contribution in [1.29, 1.82) is 0 Å². The van der Waals surface area contributed by atoms with E-state index in [1.54, 1.807) is 0 Å². The van der Waals surface area contributed by atoms with E-state index in [4.69, 9.17) is 4.74 Å². The molecule has 0 spiro atoms. The fraction of sp³-hybridized carbons (Fsp3) is 0.400. The predicted octanol–water partition coefficient (Wildman–Crippen LogP) is 0.645. The molecule has 1 aromatic heterocycles. The number of pyridine rings is 1. The van der Waals surface area contributed by atoms with E-state index in [1.165, 1.54) is 18.3 Å². The molecule has 18 heavy (non-hydrogen) atoms. The lowest BCUT2D eigenvalue weighted by Gasteiger charge is -2.23. The molecule has 1 atom stereocenters. The highest BCUT2D eigenvalue weighted by Gasteiger charge is 2.43. The number of hydrogen-bond donors (Lipinski definition) is 2. The number of nitrogens with one attached hydrogen (secondary N) is 1. The van der Waals surface area contributed by atoms with Crippen LogP contribution in [0, 0.1) is 10.1 Å². The van der Waals surface area contributed by atoms with E-state index in [9.17, 15) is 20.0 Å². The molecule has 1 aliphatic heterocycles. The van der Waals surface area contributed by atoms with Crippen LogP contribution in [0.4, 0.5) is 11.5 Å². The van der Waals surface area contributed by atoms with Crippen molar-refractivity contribution < 1.29 is 19.6 Å². The van der Waals surface area contributed by atoms with Crippen LogP contribution < -0.4 is 5.32 Å². The maximum atomic E-state index is 11.2. The second-order valence-electron chi connectivity index (χ2n) is 3.97. The Balaban J connectivity index is 2.24. The zero-order chi connectivity index (χ0) is 13.2. The number of carboxylic acids is 1. The number of ether oxygens (including phenoxy) is 1. The molecule has 0 aliphatic carbocycles. The maximum absolute atomic E-state index is 11.2. The van der Waals surface area contributed by atoms with Crippen molar-refractivity contribution >= 4 is 17.5 Å². The molecule has 0 radical (unpaired) electrons. The third-order valence-electron chi connectivity index (χ3n) is 2.75. The van der Waals surface area contributed by atoms with E-state index in [0.717, 1.165) is 0 Å². The van der Waals surface area contributed by atoms with Crippen molar-refractivity contribution in [3.8, 4) is 0 Å². The van der Waals surface area contributed by atoms with Crippen molar-refractivity contribution in [3.05, 3.63) is 28.4 Å². The molecule has 0 amide bonds. The van der Waals surface area contributed by atoms with E-state index >= 15 is 0 Å². The summed E-state index contributed by atoms with van der Waals surface area (Å²) in [5.41, 5.74) is -1.41. The number of aromatic nitrogens is 1. The summed E-state index contributed by atoms with van der Waals surface area (Å²) in [6, 6.07) is 2.44. The van der Waals surface area contributed by atoms with Gasteiger partial charge in [0.25, 0.3) is 5.69 Å². The van der Waals surface area contributed by atoms with Gasteiger partial charge in [-0.3, -0.25) is 10.1 Å². The first-order chi connectivity index (χ1) is 8.53. The van der Waals surface area contributed by atoms with Crippen LogP contribution in [0.25, 0.3) is 0 Å². The minimum Gasteiger partial charge on any atom is -0.479 e.